The first-order chi connectivity index (χ1) is 8.13. The van der Waals surface area contributed by atoms with E-state index in [1.54, 1.807) is 22.2 Å². The number of aryl methyl sites for hydroxylation is 2. The lowest BCUT2D eigenvalue weighted by Gasteiger charge is -1.94. The van der Waals surface area contributed by atoms with Gasteiger partial charge in [0.25, 0.3) is 0 Å². The second-order valence-electron chi connectivity index (χ2n) is 3.68. The lowest BCUT2D eigenvalue weighted by Crippen LogP contribution is -2.00. The lowest BCUT2D eigenvalue weighted by molar-refractivity contribution is -0.136. The fourth-order valence-electron chi connectivity index (χ4n) is 1.38. The number of carbonyl (C=O) groups is 1. The molecule has 0 radical (unpaired) electrons. The summed E-state index contributed by atoms with van der Waals surface area (Å²) in [4.78, 5) is 14.7. The van der Waals surface area contributed by atoms with Gasteiger partial charge in [-0.25, -0.2) is 9.67 Å². The van der Waals surface area contributed by atoms with Crippen molar-refractivity contribution in [2.24, 2.45) is 0 Å². The Bertz CT molecular complexity index is 520. The van der Waals surface area contributed by atoms with Gasteiger partial charge in [-0.15, -0.1) is 16.4 Å². The Kier molecular flexibility index (Phi) is 3.48. The van der Waals surface area contributed by atoms with Crippen LogP contribution in [0, 0.1) is 6.92 Å². The summed E-state index contributed by atoms with van der Waals surface area (Å²) in [6.07, 6.45) is 2.25. The van der Waals surface area contributed by atoms with Crippen molar-refractivity contribution in [3.8, 4) is 0 Å². The molecule has 0 aliphatic rings. The first kappa shape index (κ1) is 11.7. The zero-order valence-corrected chi connectivity index (χ0v) is 10.1. The first-order valence-electron chi connectivity index (χ1n) is 5.15. The molecule has 90 valence electrons. The van der Waals surface area contributed by atoms with Crippen molar-refractivity contribution in [3.05, 3.63) is 28.0 Å². The SMILES string of the molecule is Cc1csc(Cn2cc(CCC(=O)O)nn2)n1. The minimum atomic E-state index is -0.824. The van der Waals surface area contributed by atoms with E-state index in [9.17, 15) is 4.79 Å². The smallest absolute Gasteiger partial charge is 0.303 e. The van der Waals surface area contributed by atoms with E-state index in [4.69, 9.17) is 5.11 Å². The minimum absolute atomic E-state index is 0.0784. The van der Waals surface area contributed by atoms with Crippen molar-refractivity contribution in [1.29, 1.82) is 0 Å². The second kappa shape index (κ2) is 5.05. The maximum absolute atomic E-state index is 10.4. The second-order valence-corrected chi connectivity index (χ2v) is 4.63. The van der Waals surface area contributed by atoms with E-state index in [-0.39, 0.29) is 6.42 Å². The van der Waals surface area contributed by atoms with E-state index in [0.29, 0.717) is 18.7 Å². The Morgan fingerprint density at radius 2 is 2.41 bits per heavy atom. The van der Waals surface area contributed by atoms with Gasteiger partial charge in [0.05, 0.1) is 18.7 Å². The Morgan fingerprint density at radius 1 is 1.59 bits per heavy atom. The molecule has 7 heteroatoms. The third kappa shape index (κ3) is 3.35. The largest absolute Gasteiger partial charge is 0.481 e. The van der Waals surface area contributed by atoms with Crippen LogP contribution in [0.15, 0.2) is 11.6 Å². The first-order valence-corrected chi connectivity index (χ1v) is 6.03. The van der Waals surface area contributed by atoms with Gasteiger partial charge in [0, 0.05) is 23.7 Å². The highest BCUT2D eigenvalue weighted by Crippen LogP contribution is 2.10. The van der Waals surface area contributed by atoms with Crippen LogP contribution >= 0.6 is 11.3 Å². The molecule has 1 N–H and O–H groups in total. The summed E-state index contributed by atoms with van der Waals surface area (Å²) in [5, 5.41) is 19.4. The topological polar surface area (TPSA) is 80.9 Å². The van der Waals surface area contributed by atoms with E-state index in [1.165, 1.54) is 0 Å². The molecule has 0 saturated heterocycles. The number of hydrogen-bond donors (Lipinski definition) is 1. The maximum atomic E-state index is 10.4. The summed E-state index contributed by atoms with van der Waals surface area (Å²) in [7, 11) is 0. The van der Waals surface area contributed by atoms with Crippen LogP contribution in [0.4, 0.5) is 0 Å². The number of aromatic nitrogens is 4. The number of carboxylic acid groups (broad SMARTS) is 1. The molecule has 0 fully saturated rings. The third-order valence-corrected chi connectivity index (χ3v) is 3.10. The van der Waals surface area contributed by atoms with Gasteiger partial charge in [0.15, 0.2) is 0 Å². The highest BCUT2D eigenvalue weighted by molar-refractivity contribution is 7.09. The Hall–Kier alpha value is -1.76. The van der Waals surface area contributed by atoms with Crippen LogP contribution in [0.3, 0.4) is 0 Å². The van der Waals surface area contributed by atoms with Gasteiger partial charge in [-0.1, -0.05) is 5.21 Å². The minimum Gasteiger partial charge on any atom is -0.481 e. The van der Waals surface area contributed by atoms with Crippen LogP contribution in [-0.4, -0.2) is 31.1 Å². The summed E-state index contributed by atoms with van der Waals surface area (Å²) >= 11 is 1.58. The van der Waals surface area contributed by atoms with Gasteiger partial charge >= 0.3 is 5.97 Å². The number of aliphatic carboxylic acids is 1. The lowest BCUT2D eigenvalue weighted by atomic mass is 10.2. The molecule has 0 unspecified atom stereocenters. The van der Waals surface area contributed by atoms with Gasteiger partial charge in [0.2, 0.25) is 0 Å². The number of nitrogens with zero attached hydrogens (tertiary/aromatic N) is 4. The molecule has 2 heterocycles. The maximum Gasteiger partial charge on any atom is 0.303 e. The van der Waals surface area contributed by atoms with Crippen molar-refractivity contribution < 1.29 is 9.90 Å². The van der Waals surface area contributed by atoms with Crippen LogP contribution in [0.25, 0.3) is 0 Å². The number of carboxylic acids is 1. The monoisotopic (exact) mass is 252 g/mol. The molecule has 2 aromatic heterocycles. The summed E-state index contributed by atoms with van der Waals surface area (Å²) in [6.45, 7) is 2.53. The van der Waals surface area contributed by atoms with Crippen LogP contribution < -0.4 is 0 Å². The van der Waals surface area contributed by atoms with Crippen molar-refractivity contribution in [1.82, 2.24) is 20.0 Å². The van der Waals surface area contributed by atoms with Gasteiger partial charge in [-0.3, -0.25) is 4.79 Å². The number of rotatable bonds is 5. The molecular weight excluding hydrogens is 240 g/mol. The fourth-order valence-corrected chi connectivity index (χ4v) is 2.14. The van der Waals surface area contributed by atoms with Crippen LogP contribution in [0.2, 0.25) is 0 Å². The van der Waals surface area contributed by atoms with Crippen molar-refractivity contribution in [2.75, 3.05) is 0 Å². The highest BCUT2D eigenvalue weighted by Gasteiger charge is 2.05. The van der Waals surface area contributed by atoms with E-state index in [2.05, 4.69) is 15.3 Å². The fraction of sp³-hybridized carbons (Fsp3) is 0.400. The van der Waals surface area contributed by atoms with Gasteiger partial charge in [0.1, 0.15) is 5.01 Å². The number of thiazole rings is 1. The molecule has 0 aliphatic carbocycles. The quantitative estimate of drug-likeness (QED) is 0.862. The molecule has 0 aliphatic heterocycles. The standard InChI is InChI=1S/C10H12N4O2S/c1-7-6-17-9(11-7)5-14-4-8(12-13-14)2-3-10(15)16/h4,6H,2-3,5H2,1H3,(H,15,16). The predicted molar refractivity (Wildman–Crippen MR) is 61.9 cm³/mol. The molecule has 0 bridgehead atoms. The van der Waals surface area contributed by atoms with Gasteiger partial charge < -0.3 is 5.11 Å². The Labute approximate surface area is 102 Å². The molecular formula is C10H12N4O2S. The summed E-state index contributed by atoms with van der Waals surface area (Å²) in [5.41, 5.74) is 1.69. The van der Waals surface area contributed by atoms with E-state index < -0.39 is 5.97 Å². The average Bonchev–Trinajstić information content (AvgIpc) is 2.86. The molecule has 2 aromatic rings. The number of hydrogen-bond acceptors (Lipinski definition) is 5. The van der Waals surface area contributed by atoms with Crippen molar-refractivity contribution in [2.45, 2.75) is 26.3 Å². The van der Waals surface area contributed by atoms with Gasteiger partial charge in [-0.2, -0.15) is 0 Å². The van der Waals surface area contributed by atoms with Crippen LogP contribution in [0.5, 0.6) is 0 Å². The Morgan fingerprint density at radius 3 is 3.06 bits per heavy atom. The summed E-state index contributed by atoms with van der Waals surface area (Å²) < 4.78 is 1.68. The molecule has 6 nitrogen and oxygen atoms in total. The van der Waals surface area contributed by atoms with Crippen molar-refractivity contribution >= 4 is 17.3 Å². The highest BCUT2D eigenvalue weighted by atomic mass is 32.1. The van der Waals surface area contributed by atoms with E-state index in [1.807, 2.05) is 12.3 Å². The van der Waals surface area contributed by atoms with Crippen LogP contribution in [0.1, 0.15) is 22.8 Å². The normalized spacial score (nSPS) is 10.6. The average molecular weight is 252 g/mol. The van der Waals surface area contributed by atoms with E-state index in [0.717, 1.165) is 10.7 Å². The molecule has 0 spiro atoms. The molecule has 17 heavy (non-hydrogen) atoms. The molecule has 0 aromatic carbocycles. The summed E-state index contributed by atoms with van der Waals surface area (Å²) in [6, 6.07) is 0. The molecule has 0 amide bonds. The summed E-state index contributed by atoms with van der Waals surface area (Å²) in [5.74, 6) is -0.824. The van der Waals surface area contributed by atoms with Crippen LogP contribution in [-0.2, 0) is 17.8 Å². The third-order valence-electron chi connectivity index (χ3n) is 2.14. The zero-order chi connectivity index (χ0) is 12.3. The van der Waals surface area contributed by atoms with Crippen molar-refractivity contribution in [3.63, 3.8) is 0 Å². The molecule has 0 saturated carbocycles. The van der Waals surface area contributed by atoms with Gasteiger partial charge in [-0.05, 0) is 6.92 Å². The predicted octanol–water partition coefficient (Wildman–Crippen LogP) is 1.11. The van der Waals surface area contributed by atoms with E-state index >= 15 is 0 Å². The molecule has 0 atom stereocenters. The molecule has 2 rings (SSSR count). The zero-order valence-electron chi connectivity index (χ0n) is 9.33. The Balaban J connectivity index is 1.96.